The van der Waals surface area contributed by atoms with Gasteiger partial charge in [-0.05, 0) is 25.0 Å². The molecule has 128 valence electrons. The summed E-state index contributed by atoms with van der Waals surface area (Å²) in [7, 11) is -1.70. The first kappa shape index (κ1) is 16.7. The minimum Gasteiger partial charge on any atom is -0.323 e. The summed E-state index contributed by atoms with van der Waals surface area (Å²) >= 11 is 0. The summed E-state index contributed by atoms with van der Waals surface area (Å²) in [4.78, 5) is 12.6. The molecule has 0 aliphatic carbocycles. The van der Waals surface area contributed by atoms with Crippen LogP contribution >= 0.6 is 0 Å². The maximum absolute atomic E-state index is 12.6. The van der Waals surface area contributed by atoms with Gasteiger partial charge in [0.2, 0.25) is 15.9 Å². The lowest BCUT2D eigenvalue weighted by Crippen LogP contribution is -2.41. The van der Waals surface area contributed by atoms with Gasteiger partial charge in [-0.1, -0.05) is 18.2 Å². The van der Waals surface area contributed by atoms with Crippen LogP contribution in [0.2, 0.25) is 0 Å². The van der Waals surface area contributed by atoms with Crippen molar-refractivity contribution in [3.63, 3.8) is 0 Å². The molecule has 1 fully saturated rings. The van der Waals surface area contributed by atoms with E-state index in [2.05, 4.69) is 10.4 Å². The Bertz CT molecular complexity index is 809. The monoisotopic (exact) mass is 348 g/mol. The molecule has 0 unspecified atom stereocenters. The lowest BCUT2D eigenvalue weighted by Gasteiger charge is -2.30. The molecule has 1 aromatic carbocycles. The van der Waals surface area contributed by atoms with E-state index >= 15 is 0 Å². The normalized spacial score (nSPS) is 16.9. The highest BCUT2D eigenvalue weighted by Crippen LogP contribution is 2.24. The Labute approximate surface area is 141 Å². The third-order valence-electron chi connectivity index (χ3n) is 4.18. The summed E-state index contributed by atoms with van der Waals surface area (Å²) in [5.74, 6) is -0.271. The second-order valence-electron chi connectivity index (χ2n) is 5.88. The quantitative estimate of drug-likeness (QED) is 0.906. The van der Waals surface area contributed by atoms with Gasteiger partial charge in [0.25, 0.3) is 0 Å². The van der Waals surface area contributed by atoms with Gasteiger partial charge in [0.1, 0.15) is 0 Å². The summed E-state index contributed by atoms with van der Waals surface area (Å²) in [6.07, 6.45) is 4.34. The molecule has 8 heteroatoms. The number of sulfonamides is 1. The number of nitrogens with zero attached hydrogens (tertiary/aromatic N) is 3. The van der Waals surface area contributed by atoms with Gasteiger partial charge in [-0.3, -0.25) is 9.48 Å². The van der Waals surface area contributed by atoms with Crippen LogP contribution < -0.4 is 5.32 Å². The molecule has 1 aliphatic heterocycles. The van der Waals surface area contributed by atoms with Crippen molar-refractivity contribution in [3.8, 4) is 0 Å². The Morgan fingerprint density at radius 2 is 1.88 bits per heavy atom. The molecule has 0 radical (unpaired) electrons. The molecule has 0 bridgehead atoms. The van der Waals surface area contributed by atoms with Gasteiger partial charge >= 0.3 is 0 Å². The first-order chi connectivity index (χ1) is 11.5. The lowest BCUT2D eigenvalue weighted by molar-refractivity contribution is -0.120. The van der Waals surface area contributed by atoms with E-state index in [1.54, 1.807) is 54.5 Å². The number of rotatable bonds is 4. The maximum Gasteiger partial charge on any atom is 0.243 e. The van der Waals surface area contributed by atoms with Crippen molar-refractivity contribution in [3.05, 3.63) is 42.7 Å². The van der Waals surface area contributed by atoms with Gasteiger partial charge in [0.15, 0.2) is 0 Å². The van der Waals surface area contributed by atoms with Crippen molar-refractivity contribution in [1.82, 2.24) is 14.1 Å². The van der Waals surface area contributed by atoms with Gasteiger partial charge in [0.05, 0.1) is 16.8 Å². The number of anilines is 1. The van der Waals surface area contributed by atoms with Gasteiger partial charge in [-0.15, -0.1) is 0 Å². The van der Waals surface area contributed by atoms with Gasteiger partial charge < -0.3 is 5.32 Å². The molecule has 0 spiro atoms. The van der Waals surface area contributed by atoms with E-state index in [1.165, 1.54) is 4.31 Å². The minimum atomic E-state index is -3.48. The Kier molecular flexibility index (Phi) is 4.68. The van der Waals surface area contributed by atoms with E-state index in [-0.39, 0.29) is 11.8 Å². The standard InChI is InChI=1S/C16H20N4O3S/c1-19-12-14(11-17-19)18-16(21)13-7-9-20(10-8-13)24(22,23)15-5-3-2-4-6-15/h2-6,11-13H,7-10H2,1H3,(H,18,21). The first-order valence-electron chi connectivity index (χ1n) is 7.81. The maximum atomic E-state index is 12.6. The van der Waals surface area contributed by atoms with Crippen LogP contribution in [-0.4, -0.2) is 41.5 Å². The Hall–Kier alpha value is -2.19. The number of piperidine rings is 1. The zero-order valence-corrected chi connectivity index (χ0v) is 14.2. The Balaban J connectivity index is 1.60. The molecule has 1 aromatic heterocycles. The fraction of sp³-hybridized carbons (Fsp3) is 0.375. The summed E-state index contributed by atoms with van der Waals surface area (Å²) in [5.41, 5.74) is 0.654. The van der Waals surface area contributed by atoms with E-state index in [0.29, 0.717) is 36.5 Å². The van der Waals surface area contributed by atoms with Crippen LogP contribution in [0.4, 0.5) is 5.69 Å². The number of benzene rings is 1. The number of aryl methyl sites for hydroxylation is 1. The van der Waals surface area contributed by atoms with Crippen LogP contribution in [0.3, 0.4) is 0 Å². The molecule has 7 nitrogen and oxygen atoms in total. The molecule has 1 aliphatic rings. The van der Waals surface area contributed by atoms with Crippen LogP contribution in [0.5, 0.6) is 0 Å². The van der Waals surface area contributed by atoms with Crippen LogP contribution in [-0.2, 0) is 21.9 Å². The molecular formula is C16H20N4O3S. The highest BCUT2D eigenvalue weighted by molar-refractivity contribution is 7.89. The third kappa shape index (κ3) is 3.49. The average molecular weight is 348 g/mol. The predicted molar refractivity (Wildman–Crippen MR) is 89.8 cm³/mol. The summed E-state index contributed by atoms with van der Waals surface area (Å²) in [6, 6.07) is 8.39. The molecule has 1 amide bonds. The first-order valence-corrected chi connectivity index (χ1v) is 9.25. The number of aromatic nitrogens is 2. The van der Waals surface area contributed by atoms with Crippen molar-refractivity contribution in [2.24, 2.45) is 13.0 Å². The lowest BCUT2D eigenvalue weighted by atomic mass is 9.97. The van der Waals surface area contributed by atoms with E-state index in [9.17, 15) is 13.2 Å². The van der Waals surface area contributed by atoms with Crippen LogP contribution in [0.1, 0.15) is 12.8 Å². The highest BCUT2D eigenvalue weighted by Gasteiger charge is 2.32. The van der Waals surface area contributed by atoms with Gasteiger partial charge in [-0.2, -0.15) is 9.40 Å². The molecule has 0 atom stereocenters. The fourth-order valence-electron chi connectivity index (χ4n) is 2.83. The molecule has 3 rings (SSSR count). The van der Waals surface area contributed by atoms with Crippen molar-refractivity contribution >= 4 is 21.6 Å². The van der Waals surface area contributed by atoms with Crippen LogP contribution in [0.15, 0.2) is 47.6 Å². The number of nitrogens with one attached hydrogen (secondary N) is 1. The zero-order chi connectivity index (χ0) is 17.2. The summed E-state index contributed by atoms with van der Waals surface area (Å²) in [6.45, 7) is 0.699. The largest absolute Gasteiger partial charge is 0.323 e. The van der Waals surface area contributed by atoms with E-state index in [1.807, 2.05) is 0 Å². The summed E-state index contributed by atoms with van der Waals surface area (Å²) < 4.78 is 28.2. The fourth-order valence-corrected chi connectivity index (χ4v) is 4.32. The zero-order valence-electron chi connectivity index (χ0n) is 13.4. The van der Waals surface area contributed by atoms with Crippen molar-refractivity contribution in [1.29, 1.82) is 0 Å². The Morgan fingerprint density at radius 3 is 2.46 bits per heavy atom. The van der Waals surface area contributed by atoms with E-state index in [4.69, 9.17) is 0 Å². The molecule has 1 saturated heterocycles. The molecule has 2 aromatic rings. The average Bonchev–Trinajstić information content (AvgIpc) is 3.00. The molecule has 1 N–H and O–H groups in total. The second kappa shape index (κ2) is 6.74. The second-order valence-corrected chi connectivity index (χ2v) is 7.82. The smallest absolute Gasteiger partial charge is 0.243 e. The van der Waals surface area contributed by atoms with Gasteiger partial charge in [0, 0.05) is 32.3 Å². The van der Waals surface area contributed by atoms with E-state index in [0.717, 1.165) is 0 Å². The van der Waals surface area contributed by atoms with Crippen LogP contribution in [0, 0.1) is 5.92 Å². The number of carbonyl (C=O) groups excluding carboxylic acids is 1. The highest BCUT2D eigenvalue weighted by atomic mass is 32.2. The topological polar surface area (TPSA) is 84.3 Å². The predicted octanol–water partition coefficient (Wildman–Crippen LogP) is 1.46. The van der Waals surface area contributed by atoms with Crippen molar-refractivity contribution in [2.45, 2.75) is 17.7 Å². The van der Waals surface area contributed by atoms with E-state index < -0.39 is 10.0 Å². The minimum absolute atomic E-state index is 0.0836. The van der Waals surface area contributed by atoms with Crippen molar-refractivity contribution < 1.29 is 13.2 Å². The molecule has 2 heterocycles. The SMILES string of the molecule is Cn1cc(NC(=O)C2CCN(S(=O)(=O)c3ccccc3)CC2)cn1. The number of amides is 1. The van der Waals surface area contributed by atoms with Crippen molar-refractivity contribution in [2.75, 3.05) is 18.4 Å². The van der Waals surface area contributed by atoms with Crippen LogP contribution in [0.25, 0.3) is 0 Å². The molecule has 24 heavy (non-hydrogen) atoms. The number of carbonyl (C=O) groups is 1. The molecular weight excluding hydrogens is 328 g/mol. The third-order valence-corrected chi connectivity index (χ3v) is 6.09. The Morgan fingerprint density at radius 1 is 1.21 bits per heavy atom. The number of hydrogen-bond donors (Lipinski definition) is 1. The van der Waals surface area contributed by atoms with Gasteiger partial charge in [-0.25, -0.2) is 8.42 Å². The number of hydrogen-bond acceptors (Lipinski definition) is 4. The molecule has 0 saturated carbocycles. The summed E-state index contributed by atoms with van der Waals surface area (Å²) in [5, 5.41) is 6.83.